The molecule has 0 saturated heterocycles. The molecule has 0 aliphatic rings. The Labute approximate surface area is 103 Å². The maximum absolute atomic E-state index is 9.09. The van der Waals surface area contributed by atoms with Crippen molar-refractivity contribution in [1.82, 2.24) is 15.3 Å². The summed E-state index contributed by atoms with van der Waals surface area (Å²) in [7, 11) is 1.55. The fourth-order valence-electron chi connectivity index (χ4n) is 1.42. The zero-order valence-electron chi connectivity index (χ0n) is 9.74. The van der Waals surface area contributed by atoms with Gasteiger partial charge < -0.3 is 10.5 Å². The molecule has 0 saturated carbocycles. The molecule has 0 aliphatic carbocycles. The fourth-order valence-corrected chi connectivity index (χ4v) is 1.42. The van der Waals surface area contributed by atoms with Crippen molar-refractivity contribution >= 4 is 17.3 Å². The molecule has 1 heterocycles. The Morgan fingerprint density at radius 3 is 2.89 bits per heavy atom. The molecule has 7 heteroatoms. The van der Waals surface area contributed by atoms with Crippen molar-refractivity contribution in [3.63, 3.8) is 0 Å². The molecule has 0 radical (unpaired) electrons. The second-order valence-corrected chi connectivity index (χ2v) is 3.44. The van der Waals surface area contributed by atoms with Gasteiger partial charge in [0.05, 0.1) is 25.2 Å². The van der Waals surface area contributed by atoms with Crippen LogP contribution in [0.3, 0.4) is 0 Å². The Morgan fingerprint density at radius 1 is 1.50 bits per heavy atom. The minimum absolute atomic E-state index is 0.121. The summed E-state index contributed by atoms with van der Waals surface area (Å²) >= 11 is 0. The average Bonchev–Trinajstić information content (AvgIpc) is 2.83. The first-order valence-electron chi connectivity index (χ1n) is 5.17. The van der Waals surface area contributed by atoms with Crippen LogP contribution in [0.2, 0.25) is 0 Å². The van der Waals surface area contributed by atoms with Crippen molar-refractivity contribution < 1.29 is 9.94 Å². The lowest BCUT2D eigenvalue weighted by Crippen LogP contribution is -2.27. The lowest BCUT2D eigenvalue weighted by atomic mass is 10.3. The van der Waals surface area contributed by atoms with Crippen molar-refractivity contribution in [2.45, 2.75) is 0 Å². The summed E-state index contributed by atoms with van der Waals surface area (Å²) in [6, 6.07) is 7.16. The SMILES string of the molecule is COc1ccccc1N=C(NO)n1cc(N)cn1. The Bertz CT molecular complexity index is 564. The molecule has 2 rings (SSSR count). The number of hydrogen-bond donors (Lipinski definition) is 3. The average molecular weight is 247 g/mol. The van der Waals surface area contributed by atoms with Gasteiger partial charge in [-0.2, -0.15) is 5.10 Å². The number of nitrogen functional groups attached to an aromatic ring is 1. The number of benzene rings is 1. The summed E-state index contributed by atoms with van der Waals surface area (Å²) in [5.74, 6) is 0.710. The van der Waals surface area contributed by atoms with E-state index in [2.05, 4.69) is 10.1 Å². The van der Waals surface area contributed by atoms with Gasteiger partial charge in [-0.3, -0.25) is 5.21 Å². The van der Waals surface area contributed by atoms with Gasteiger partial charge in [0.1, 0.15) is 11.4 Å². The Kier molecular flexibility index (Phi) is 3.44. The van der Waals surface area contributed by atoms with Gasteiger partial charge >= 0.3 is 0 Å². The summed E-state index contributed by atoms with van der Waals surface area (Å²) in [5, 5.41) is 13.0. The first-order valence-corrected chi connectivity index (χ1v) is 5.17. The number of rotatable bonds is 2. The number of hydroxylamine groups is 1. The van der Waals surface area contributed by atoms with E-state index in [4.69, 9.17) is 15.7 Å². The third-order valence-corrected chi connectivity index (χ3v) is 2.23. The van der Waals surface area contributed by atoms with Gasteiger partial charge in [0.2, 0.25) is 5.96 Å². The lowest BCUT2D eigenvalue weighted by Gasteiger charge is -2.07. The number of para-hydroxylation sites is 2. The highest BCUT2D eigenvalue weighted by atomic mass is 16.5. The van der Waals surface area contributed by atoms with Crippen molar-refractivity contribution in [2.24, 2.45) is 4.99 Å². The third kappa shape index (κ3) is 2.41. The highest BCUT2D eigenvalue weighted by molar-refractivity contribution is 5.84. The van der Waals surface area contributed by atoms with Gasteiger partial charge in [0.25, 0.3) is 0 Å². The monoisotopic (exact) mass is 247 g/mol. The van der Waals surface area contributed by atoms with Crippen LogP contribution in [0.1, 0.15) is 0 Å². The predicted molar refractivity (Wildman–Crippen MR) is 67.0 cm³/mol. The zero-order chi connectivity index (χ0) is 13.0. The van der Waals surface area contributed by atoms with E-state index in [1.54, 1.807) is 19.2 Å². The molecule has 0 spiro atoms. The smallest absolute Gasteiger partial charge is 0.248 e. The zero-order valence-corrected chi connectivity index (χ0v) is 9.74. The van der Waals surface area contributed by atoms with Crippen molar-refractivity contribution in [3.05, 3.63) is 36.7 Å². The van der Waals surface area contributed by atoms with Crippen LogP contribution in [-0.4, -0.2) is 28.1 Å². The normalized spacial score (nSPS) is 11.3. The summed E-state index contributed by atoms with van der Waals surface area (Å²) in [5.41, 5.74) is 8.55. The van der Waals surface area contributed by atoms with Gasteiger partial charge in [-0.1, -0.05) is 12.1 Å². The van der Waals surface area contributed by atoms with Crippen LogP contribution in [0.4, 0.5) is 11.4 Å². The van der Waals surface area contributed by atoms with E-state index in [-0.39, 0.29) is 5.96 Å². The van der Waals surface area contributed by atoms with E-state index in [9.17, 15) is 0 Å². The Hall–Kier alpha value is -2.54. The summed E-state index contributed by atoms with van der Waals surface area (Å²) in [6.45, 7) is 0. The fraction of sp³-hybridized carbons (Fsp3) is 0.0909. The number of anilines is 1. The number of nitrogens with two attached hydrogens (primary N) is 1. The molecule has 4 N–H and O–H groups in total. The number of aliphatic imine (C=N–C) groups is 1. The van der Waals surface area contributed by atoms with Crippen molar-refractivity contribution in [1.29, 1.82) is 0 Å². The van der Waals surface area contributed by atoms with Gasteiger partial charge in [-0.25, -0.2) is 15.2 Å². The molecule has 0 amide bonds. The maximum atomic E-state index is 9.09. The molecule has 0 aliphatic heterocycles. The van der Waals surface area contributed by atoms with E-state index >= 15 is 0 Å². The van der Waals surface area contributed by atoms with Crippen LogP contribution < -0.4 is 16.0 Å². The molecule has 7 nitrogen and oxygen atoms in total. The maximum Gasteiger partial charge on any atom is 0.248 e. The van der Waals surface area contributed by atoms with Gasteiger partial charge in [0.15, 0.2) is 0 Å². The number of nitrogens with zero attached hydrogens (tertiary/aromatic N) is 3. The van der Waals surface area contributed by atoms with E-state index < -0.39 is 0 Å². The number of ether oxygens (including phenoxy) is 1. The number of aromatic nitrogens is 2. The highest BCUT2D eigenvalue weighted by Crippen LogP contribution is 2.26. The minimum atomic E-state index is 0.121. The molecule has 94 valence electrons. The van der Waals surface area contributed by atoms with Crippen LogP contribution in [-0.2, 0) is 0 Å². The van der Waals surface area contributed by atoms with Gasteiger partial charge in [-0.05, 0) is 12.1 Å². The standard InChI is InChI=1S/C11H13N5O2/c1-18-10-5-3-2-4-9(10)14-11(15-17)16-7-8(12)6-13-16/h2-7,17H,12H2,1H3,(H,14,15). The van der Waals surface area contributed by atoms with E-state index in [1.165, 1.54) is 17.1 Å². The minimum Gasteiger partial charge on any atom is -0.494 e. The number of nitrogens with one attached hydrogen (secondary N) is 1. The molecule has 1 aromatic heterocycles. The van der Waals surface area contributed by atoms with Crippen LogP contribution in [0, 0.1) is 0 Å². The van der Waals surface area contributed by atoms with E-state index in [1.807, 2.05) is 17.6 Å². The highest BCUT2D eigenvalue weighted by Gasteiger charge is 2.06. The van der Waals surface area contributed by atoms with Crippen LogP contribution in [0.15, 0.2) is 41.7 Å². The first-order chi connectivity index (χ1) is 8.74. The van der Waals surface area contributed by atoms with E-state index in [0.29, 0.717) is 17.1 Å². The van der Waals surface area contributed by atoms with Gasteiger partial charge in [-0.15, -0.1) is 0 Å². The van der Waals surface area contributed by atoms with Crippen molar-refractivity contribution in [2.75, 3.05) is 12.8 Å². The van der Waals surface area contributed by atoms with Crippen LogP contribution >= 0.6 is 0 Å². The Balaban J connectivity index is 2.40. The Morgan fingerprint density at radius 2 is 2.28 bits per heavy atom. The van der Waals surface area contributed by atoms with Gasteiger partial charge in [0, 0.05) is 0 Å². The topological polar surface area (TPSA) is 97.7 Å². The van der Waals surface area contributed by atoms with Crippen molar-refractivity contribution in [3.8, 4) is 5.75 Å². The molecular weight excluding hydrogens is 234 g/mol. The van der Waals surface area contributed by atoms with Crippen LogP contribution in [0.5, 0.6) is 5.75 Å². The number of hydrogen-bond acceptors (Lipinski definition) is 5. The quantitative estimate of drug-likeness (QED) is 0.417. The molecule has 0 fully saturated rings. The summed E-state index contributed by atoms with van der Waals surface area (Å²) in [4.78, 5) is 4.21. The predicted octanol–water partition coefficient (Wildman–Crippen LogP) is 0.988. The summed E-state index contributed by atoms with van der Waals surface area (Å²) < 4.78 is 6.48. The first kappa shape index (κ1) is 11.9. The second-order valence-electron chi connectivity index (χ2n) is 3.44. The molecule has 0 bridgehead atoms. The van der Waals surface area contributed by atoms with E-state index in [0.717, 1.165) is 0 Å². The second kappa shape index (κ2) is 5.19. The lowest BCUT2D eigenvalue weighted by molar-refractivity contribution is 0.229. The van der Waals surface area contributed by atoms with Crippen LogP contribution in [0.25, 0.3) is 0 Å². The third-order valence-electron chi connectivity index (χ3n) is 2.23. The molecular formula is C11H13N5O2. The largest absolute Gasteiger partial charge is 0.494 e. The number of methoxy groups -OCH3 is 1. The molecule has 0 unspecified atom stereocenters. The molecule has 18 heavy (non-hydrogen) atoms. The summed E-state index contributed by atoms with van der Waals surface area (Å²) in [6.07, 6.45) is 2.98. The molecule has 0 atom stereocenters. The molecule has 1 aromatic carbocycles. The molecule has 2 aromatic rings.